The Morgan fingerprint density at radius 2 is 1.47 bits per heavy atom. The maximum atomic E-state index is 15.3. The number of aliphatic hydroxyl groups is 2. The van der Waals surface area contributed by atoms with Crippen LogP contribution < -0.4 is 15.6 Å². The van der Waals surface area contributed by atoms with Crippen molar-refractivity contribution in [3.63, 3.8) is 0 Å². The molecule has 3 heterocycles. The summed E-state index contributed by atoms with van der Waals surface area (Å²) in [5.41, 5.74) is -6.07. The van der Waals surface area contributed by atoms with Gasteiger partial charge in [0.05, 0.1) is 18.6 Å². The summed E-state index contributed by atoms with van der Waals surface area (Å²) in [6.45, 7) is -0.836. The molecule has 8 nitrogen and oxygen atoms in total. The van der Waals surface area contributed by atoms with Gasteiger partial charge in [0.15, 0.2) is 28.9 Å². The van der Waals surface area contributed by atoms with Crippen LogP contribution >= 0.6 is 0 Å². The van der Waals surface area contributed by atoms with Crippen LogP contribution in [0.5, 0.6) is 0 Å². The number of carbonyl (C=O) groups excluding carboxylic acids is 1. The quantitative estimate of drug-likeness (QED) is 0.359. The number of alkyl halides is 6. The molecule has 1 aliphatic heterocycles. The van der Waals surface area contributed by atoms with E-state index in [1.165, 1.54) is 4.90 Å². The highest BCUT2D eigenvalue weighted by molar-refractivity contribution is 5.97. The summed E-state index contributed by atoms with van der Waals surface area (Å²) in [7, 11) is 0. The van der Waals surface area contributed by atoms with E-state index in [1.54, 1.807) is 0 Å². The molecule has 4 rings (SSSR count). The number of piperidine rings is 1. The Morgan fingerprint density at radius 1 is 0.930 bits per heavy atom. The molecule has 0 aliphatic carbocycles. The zero-order valence-corrected chi connectivity index (χ0v) is 21.5. The van der Waals surface area contributed by atoms with E-state index in [4.69, 9.17) is 0 Å². The van der Waals surface area contributed by atoms with E-state index in [1.807, 2.05) is 0 Å². The van der Waals surface area contributed by atoms with E-state index in [9.17, 15) is 59.3 Å². The maximum absolute atomic E-state index is 15.3. The van der Waals surface area contributed by atoms with Crippen molar-refractivity contribution < 1.29 is 58.9 Å². The van der Waals surface area contributed by atoms with Crippen LogP contribution in [0.15, 0.2) is 29.2 Å². The largest absolute Gasteiger partial charge is 0.417 e. The monoisotopic (exact) mass is 630 g/mol. The summed E-state index contributed by atoms with van der Waals surface area (Å²) < 4.78 is 137. The smallest absolute Gasteiger partial charge is 0.396 e. The van der Waals surface area contributed by atoms with Crippen LogP contribution in [0, 0.1) is 28.7 Å². The molecule has 0 saturated carbocycles. The zero-order chi connectivity index (χ0) is 32.1. The highest BCUT2D eigenvalue weighted by Crippen LogP contribution is 2.35. The number of rotatable bonds is 6. The van der Waals surface area contributed by atoms with Crippen molar-refractivity contribution in [1.82, 2.24) is 14.9 Å². The van der Waals surface area contributed by atoms with Crippen molar-refractivity contribution in [2.45, 2.75) is 31.2 Å². The van der Waals surface area contributed by atoms with E-state index in [0.29, 0.717) is 11.4 Å². The molecule has 3 aromatic rings. The molecule has 1 fully saturated rings. The van der Waals surface area contributed by atoms with Crippen molar-refractivity contribution in [2.24, 2.45) is 5.41 Å². The predicted octanol–water partition coefficient (Wildman–Crippen LogP) is 3.74. The van der Waals surface area contributed by atoms with Crippen molar-refractivity contribution >= 4 is 22.8 Å². The van der Waals surface area contributed by atoms with E-state index in [2.05, 4.69) is 4.98 Å². The second-order valence-electron chi connectivity index (χ2n) is 9.92. The Balaban J connectivity index is 1.94. The molecule has 2 aromatic heterocycles. The van der Waals surface area contributed by atoms with Gasteiger partial charge < -0.3 is 20.4 Å². The molecule has 0 radical (unpaired) electrons. The third-order valence-electron chi connectivity index (χ3n) is 7.10. The van der Waals surface area contributed by atoms with Gasteiger partial charge in [-0.15, -0.1) is 0 Å². The lowest BCUT2D eigenvalue weighted by atomic mass is 9.80. The lowest BCUT2D eigenvalue weighted by Crippen LogP contribution is -2.55. The number of nitrogens with one attached hydrogen (secondary N) is 1. The molecule has 43 heavy (non-hydrogen) atoms. The van der Waals surface area contributed by atoms with Gasteiger partial charge in [-0.3, -0.25) is 14.2 Å². The van der Waals surface area contributed by atoms with E-state index in [0.717, 1.165) is 0 Å². The molecule has 0 unspecified atom stereocenters. The Bertz CT molecular complexity index is 1570. The fraction of sp³-hybridized carbons (Fsp3) is 0.400. The van der Waals surface area contributed by atoms with Gasteiger partial charge in [0.25, 0.3) is 5.91 Å². The van der Waals surface area contributed by atoms with Gasteiger partial charge in [0.1, 0.15) is 17.1 Å². The first-order chi connectivity index (χ1) is 19.9. The summed E-state index contributed by atoms with van der Waals surface area (Å²) >= 11 is 0. The molecule has 0 bridgehead atoms. The molecule has 1 aromatic carbocycles. The number of fused-ring (bicyclic) bond motifs is 1. The van der Waals surface area contributed by atoms with Gasteiger partial charge in [-0.25, -0.2) is 22.5 Å². The standard InChI is InChI=1S/C25H20F10N4O4/c26-11-5-14(27)17(15(28)6-11)39-8-13(21(43)37-22(24(30,31)32)25(33,34)35)18(42)12-7-16(29)20(36-19(12)39)38-3-1-23(9-40,10-41)2-4-38/h5-8,22,40-41H,1-4,9-10H2,(H,37,43). The Hall–Kier alpha value is -3.93. The van der Waals surface area contributed by atoms with Crippen molar-refractivity contribution in [1.29, 1.82) is 0 Å². The molecular formula is C25H20F10N4O4. The Kier molecular flexibility index (Phi) is 8.40. The van der Waals surface area contributed by atoms with Gasteiger partial charge in [0.2, 0.25) is 11.5 Å². The summed E-state index contributed by atoms with van der Waals surface area (Å²) in [6.07, 6.45) is -11.7. The zero-order valence-electron chi connectivity index (χ0n) is 21.5. The van der Waals surface area contributed by atoms with Crippen molar-refractivity contribution in [2.75, 3.05) is 31.2 Å². The molecule has 0 atom stereocenters. The average molecular weight is 630 g/mol. The minimum Gasteiger partial charge on any atom is -0.396 e. The highest BCUT2D eigenvalue weighted by atomic mass is 19.4. The molecular weight excluding hydrogens is 610 g/mol. The number of amides is 1. The number of aliphatic hydroxyl groups excluding tert-OH is 2. The number of hydrogen-bond acceptors (Lipinski definition) is 6. The van der Waals surface area contributed by atoms with Gasteiger partial charge in [-0.1, -0.05) is 0 Å². The van der Waals surface area contributed by atoms with E-state index < -0.39 is 99.7 Å². The molecule has 3 N–H and O–H groups in total. The van der Waals surface area contributed by atoms with Crippen molar-refractivity contribution in [3.05, 3.63) is 63.5 Å². The number of halogens is 10. The van der Waals surface area contributed by atoms with Crippen molar-refractivity contribution in [3.8, 4) is 5.69 Å². The molecule has 0 spiro atoms. The number of benzene rings is 1. The Labute approximate surface area is 234 Å². The number of nitrogens with zero attached hydrogens (tertiary/aromatic N) is 3. The molecule has 18 heteroatoms. The topological polar surface area (TPSA) is 108 Å². The SMILES string of the molecule is O=C(NC(C(F)(F)F)C(F)(F)F)c1cn(-c2c(F)cc(F)cc2F)c2nc(N3CCC(CO)(CO)CC3)c(F)cc2c1=O. The lowest BCUT2D eigenvalue weighted by molar-refractivity contribution is -0.255. The second-order valence-corrected chi connectivity index (χ2v) is 9.92. The van der Waals surface area contributed by atoms with E-state index in [-0.39, 0.29) is 48.8 Å². The minimum absolute atomic E-state index is 0.0171. The first kappa shape index (κ1) is 32.0. The maximum Gasteiger partial charge on any atom is 0.417 e. The fourth-order valence-corrected chi connectivity index (χ4v) is 4.65. The van der Waals surface area contributed by atoms with Crippen LogP contribution in [0.25, 0.3) is 16.7 Å². The Morgan fingerprint density at radius 3 is 1.95 bits per heavy atom. The second kappa shape index (κ2) is 11.3. The van der Waals surface area contributed by atoms with Crippen LogP contribution in [-0.4, -0.2) is 70.4 Å². The van der Waals surface area contributed by atoms with Gasteiger partial charge in [-0.2, -0.15) is 26.3 Å². The predicted molar refractivity (Wildman–Crippen MR) is 129 cm³/mol. The molecule has 234 valence electrons. The number of carbonyl (C=O) groups is 1. The fourth-order valence-electron chi connectivity index (χ4n) is 4.65. The van der Waals surface area contributed by atoms with Crippen LogP contribution in [0.4, 0.5) is 49.7 Å². The van der Waals surface area contributed by atoms with Crippen LogP contribution in [0.2, 0.25) is 0 Å². The number of anilines is 1. The molecule has 1 amide bonds. The number of hydrogen-bond donors (Lipinski definition) is 3. The molecule has 1 saturated heterocycles. The summed E-state index contributed by atoms with van der Waals surface area (Å²) in [6, 6.07) is -3.71. The van der Waals surface area contributed by atoms with E-state index >= 15 is 4.39 Å². The van der Waals surface area contributed by atoms with Gasteiger partial charge >= 0.3 is 12.4 Å². The highest BCUT2D eigenvalue weighted by Gasteiger charge is 2.57. The summed E-state index contributed by atoms with van der Waals surface area (Å²) in [5, 5.41) is 18.9. The molecule has 1 aliphatic rings. The number of aromatic nitrogens is 2. The first-order valence-electron chi connectivity index (χ1n) is 12.2. The van der Waals surface area contributed by atoms with Crippen LogP contribution in [-0.2, 0) is 0 Å². The van der Waals surface area contributed by atoms with Crippen LogP contribution in [0.3, 0.4) is 0 Å². The van der Waals surface area contributed by atoms with Gasteiger partial charge in [0, 0.05) is 36.8 Å². The minimum atomic E-state index is -6.07. The summed E-state index contributed by atoms with van der Waals surface area (Å²) in [5.74, 6) is -8.84. The lowest BCUT2D eigenvalue weighted by Gasteiger charge is -2.40. The normalized spacial score (nSPS) is 15.8. The number of pyridine rings is 2. The third kappa shape index (κ3) is 6.11. The summed E-state index contributed by atoms with van der Waals surface area (Å²) in [4.78, 5) is 30.9. The average Bonchev–Trinajstić information content (AvgIpc) is 2.91. The van der Waals surface area contributed by atoms with Crippen LogP contribution in [0.1, 0.15) is 23.2 Å². The first-order valence-corrected chi connectivity index (χ1v) is 12.2. The third-order valence-corrected chi connectivity index (χ3v) is 7.10. The van der Waals surface area contributed by atoms with Gasteiger partial charge in [-0.05, 0) is 18.9 Å².